The zero-order chi connectivity index (χ0) is 93.4. The van der Waals surface area contributed by atoms with Gasteiger partial charge < -0.3 is 82.7 Å². The first kappa shape index (κ1) is 78.8. The number of aromatic nitrogens is 8. The molecule has 8 aliphatic rings. The minimum atomic E-state index is -1.53. The number of fused-ring (bicyclic) bond motifs is 4. The Hall–Kier alpha value is -11.5. The summed E-state index contributed by atoms with van der Waals surface area (Å²) in [5.41, 5.74) is 32.5. The second-order valence-corrected chi connectivity index (χ2v) is 31.7. The lowest BCUT2D eigenvalue weighted by atomic mass is 10.0. The molecule has 4 amide bonds. The van der Waals surface area contributed by atoms with Gasteiger partial charge in [-0.25, -0.2) is 0 Å². The van der Waals surface area contributed by atoms with E-state index >= 15 is 0 Å². The van der Waals surface area contributed by atoms with Gasteiger partial charge >= 0.3 is 24.0 Å². The molecule has 12 N–H and O–H groups in total. The van der Waals surface area contributed by atoms with E-state index in [1.807, 2.05) is 106 Å². The summed E-state index contributed by atoms with van der Waals surface area (Å²) in [7, 11) is 0. The number of hydrogen-bond acceptors (Lipinski definition) is 28. The Morgan fingerprint density at radius 1 is 0.423 bits per heavy atom. The molecule has 12 heterocycles. The monoisotopic (exact) mass is 1690 g/mol. The second-order valence-electron chi connectivity index (χ2n) is 31.7. The summed E-state index contributed by atoms with van der Waals surface area (Å²) in [6, 6.07) is 23.8. The number of nitrogens with one attached hydrogen (secondary N) is 4. The second kappa shape index (κ2) is 44.5. The molecule has 32 heteroatoms. The Kier molecular flexibility index (Phi) is 28.5. The maximum absolute atomic E-state index is 12.4. The maximum Gasteiger partial charge on any atom is 0.320 e. The topological polar surface area (TPSA) is 386 Å². The van der Waals surface area contributed by atoms with Gasteiger partial charge in [0.05, 0.1) is 59.5 Å². The number of nitrogen functional groups attached to an aromatic ring is 4. The van der Waals surface area contributed by atoms with Crippen LogP contribution in [0.5, 0.6) is 24.0 Å². The SMILES string of the molecule is C.[2H]C(C)(c1ccc(CN2CC(=O)Nc3c(N)nc(OCCCC)nc32)cc1)N1CCCC1.[2H]C(c1ccc(CN2CC(=O)Nc3c(N)nc(OCCCC)nc32)cc1)N1CCCC1.[2H]C1([2H])CN(Cc2ccc(CN3CC(=O)Nc4c(N)nc(OCCCC)nc43)cc2)CC1([2H])C.[2H]c1c([2H])c(CN2CC(=O)Nc3c(N)nc(OCCCC)nc32)c([2H])c([2H])c1CN1CCCC1. The van der Waals surface area contributed by atoms with Crippen LogP contribution in [0.4, 0.5) is 69.3 Å². The highest BCUT2D eigenvalue weighted by Crippen LogP contribution is 2.40. The molecule has 16 rings (SSSR count). The van der Waals surface area contributed by atoms with Gasteiger partial charge in [-0.1, -0.05) is 165 Å². The van der Waals surface area contributed by atoms with Crippen molar-refractivity contribution in [2.24, 2.45) is 5.89 Å². The zero-order valence-corrected chi connectivity index (χ0v) is 71.2. The fourth-order valence-corrected chi connectivity index (χ4v) is 15.1. The normalized spacial score (nSPS) is 19.7. The van der Waals surface area contributed by atoms with Crippen LogP contribution >= 0.6 is 0 Å². The fourth-order valence-electron chi connectivity index (χ4n) is 15.1. The molecule has 8 aliphatic heterocycles. The van der Waals surface area contributed by atoms with Crippen molar-refractivity contribution in [2.75, 3.05) is 169 Å². The third-order valence-electron chi connectivity index (χ3n) is 21.8. The van der Waals surface area contributed by atoms with Gasteiger partial charge in [-0.2, -0.15) is 39.9 Å². The number of anilines is 12. The van der Waals surface area contributed by atoms with Crippen LogP contribution in [-0.4, -0.2) is 188 Å². The van der Waals surface area contributed by atoms with E-state index in [4.69, 9.17) is 54.2 Å². The fraction of sp³-hybridized carbons (Fsp3) is 0.516. The standard InChI is InChI=1S/2C23H32N6O2.2C22H30N6O2.CH4/c1-3-4-11-31-23-26-21(24)20-22(27-23)29(15-19(30)25-20)14-18-7-5-17(6-8-18)13-28-10-9-16(2)12-28;1-3-4-13-31-23-26-21(24)20-22(27-23)29(15-19(30)25-20)14-17-7-9-18(10-8-17)16(2)28-11-5-6-12-28;2*1-2-3-12-30-22-25-20(23)19-21(26-22)28(15-18(29)24-19)14-17-8-6-16(7-9-17)13-27-10-4-5-11-27;/h5-8,16H,3-4,9-15H2,1-2H3,(H,25,30)(H2,24,26,27);7-10,16H,3-6,11-15H2,1-2H3,(H,25,30)(H2,24,26,27);2*6-9H,2-5,10-15H2,1H3,(H,24,29)(H2,23,25,26);1H4/i9D2,16D;16D;6D,7D,8D,9D;13D;. The van der Waals surface area contributed by atoms with Crippen LogP contribution in [-0.2, 0) is 65.0 Å². The van der Waals surface area contributed by atoms with Crippen LogP contribution in [0.2, 0.25) is 0 Å². The number of nitrogens with zero attached hydrogens (tertiary/aromatic N) is 16. The van der Waals surface area contributed by atoms with E-state index in [9.17, 15) is 19.2 Å². The molecule has 4 saturated heterocycles. The van der Waals surface area contributed by atoms with Crippen molar-refractivity contribution in [1.82, 2.24) is 59.5 Å². The van der Waals surface area contributed by atoms with E-state index in [1.165, 1.54) is 12.8 Å². The van der Waals surface area contributed by atoms with E-state index in [1.54, 1.807) is 11.8 Å². The molecule has 0 saturated carbocycles. The number of rotatable bonds is 32. The Morgan fingerprint density at radius 2 is 0.715 bits per heavy atom. The molecule has 0 radical (unpaired) electrons. The highest BCUT2D eigenvalue weighted by atomic mass is 16.5. The number of nitrogens with two attached hydrogens (primary N) is 4. The quantitative estimate of drug-likeness (QED) is 0.0182. The third kappa shape index (κ3) is 25.4. The van der Waals surface area contributed by atoms with E-state index in [0.717, 1.165) is 150 Å². The van der Waals surface area contributed by atoms with Gasteiger partial charge in [-0.05, 0) is 174 Å². The first-order valence-electron chi connectivity index (χ1n) is 47.5. The first-order valence-corrected chi connectivity index (χ1v) is 42.9. The molecule has 4 aromatic heterocycles. The van der Waals surface area contributed by atoms with E-state index in [2.05, 4.69) is 96.6 Å². The number of unbranched alkanes of at least 4 members (excludes halogenated alkanes) is 4. The summed E-state index contributed by atoms with van der Waals surface area (Å²) in [5.74, 6) is 0.713. The number of carbonyl (C=O) groups excluding carboxylic acids is 4. The lowest BCUT2D eigenvalue weighted by molar-refractivity contribution is -0.116. The van der Waals surface area contributed by atoms with E-state index < -0.39 is 18.3 Å². The van der Waals surface area contributed by atoms with Gasteiger partial charge in [0.2, 0.25) is 23.6 Å². The van der Waals surface area contributed by atoms with Crippen LogP contribution in [0, 0.1) is 5.89 Å². The largest absolute Gasteiger partial charge is 0.463 e. The van der Waals surface area contributed by atoms with Crippen molar-refractivity contribution in [2.45, 2.75) is 197 Å². The predicted molar refractivity (Wildman–Crippen MR) is 486 cm³/mol. The van der Waals surface area contributed by atoms with Crippen LogP contribution < -0.4 is 82.7 Å². The van der Waals surface area contributed by atoms with E-state index in [-0.39, 0.29) is 160 Å². The van der Waals surface area contributed by atoms with Crippen LogP contribution in [0.25, 0.3) is 0 Å². The Bertz CT molecular complexity index is 5270. The highest BCUT2D eigenvalue weighted by molar-refractivity contribution is 6.05. The van der Waals surface area contributed by atoms with Crippen molar-refractivity contribution in [3.05, 3.63) is 141 Å². The molecule has 0 aliphatic carbocycles. The number of ether oxygens (including phenoxy) is 4. The molecular formula is C91H128N24O8. The van der Waals surface area contributed by atoms with E-state index in [0.29, 0.717) is 112 Å². The number of hydrogen-bond donors (Lipinski definition) is 8. The molecule has 0 spiro atoms. The van der Waals surface area contributed by atoms with Crippen LogP contribution in [0.15, 0.2) is 97.0 Å². The summed E-state index contributed by atoms with van der Waals surface area (Å²) in [5, 5.41) is 11.0. The smallest absolute Gasteiger partial charge is 0.320 e. The third-order valence-corrected chi connectivity index (χ3v) is 21.8. The van der Waals surface area contributed by atoms with Gasteiger partial charge in [0.15, 0.2) is 46.5 Å². The minimum absolute atomic E-state index is 0. The Labute approximate surface area is 737 Å². The number of benzene rings is 4. The number of amides is 4. The molecule has 660 valence electrons. The predicted octanol–water partition coefficient (Wildman–Crippen LogP) is 12.6. The zero-order valence-electron chi connectivity index (χ0n) is 80.2. The van der Waals surface area contributed by atoms with Crippen molar-refractivity contribution < 1.29 is 50.5 Å². The summed E-state index contributed by atoms with van der Waals surface area (Å²) < 4.78 is 98.5. The van der Waals surface area contributed by atoms with Crippen LogP contribution in [0.1, 0.15) is 208 Å². The van der Waals surface area contributed by atoms with Crippen molar-refractivity contribution in [3.8, 4) is 24.0 Å². The summed E-state index contributed by atoms with van der Waals surface area (Å²) in [6.07, 6.45) is 12.7. The molecule has 4 fully saturated rings. The number of likely N-dealkylation sites (tertiary alicyclic amines) is 4. The van der Waals surface area contributed by atoms with Gasteiger partial charge in [0, 0.05) is 63.8 Å². The van der Waals surface area contributed by atoms with Crippen LogP contribution in [0.3, 0.4) is 0 Å². The molecule has 3 atom stereocenters. The minimum Gasteiger partial charge on any atom is -0.463 e. The molecule has 32 nitrogen and oxygen atoms in total. The lowest BCUT2D eigenvalue weighted by Crippen LogP contribution is -2.39. The van der Waals surface area contributed by atoms with Crippen molar-refractivity contribution in [1.29, 1.82) is 0 Å². The Balaban J connectivity index is 0.000000159. The molecule has 3 unspecified atom stereocenters. The molecule has 4 aromatic carbocycles. The van der Waals surface area contributed by atoms with Gasteiger partial charge in [-0.15, -0.1) is 0 Å². The summed E-state index contributed by atoms with van der Waals surface area (Å²) in [6.45, 7) is 22.7. The highest BCUT2D eigenvalue weighted by Gasteiger charge is 2.33. The van der Waals surface area contributed by atoms with Gasteiger partial charge in [0.25, 0.3) is 0 Å². The summed E-state index contributed by atoms with van der Waals surface area (Å²) in [4.78, 5) is 99.5. The Morgan fingerprint density at radius 3 is 1.05 bits per heavy atom. The lowest BCUT2D eigenvalue weighted by Gasteiger charge is -2.30. The average Bonchev–Trinajstić information content (AvgIpc) is 1.54. The summed E-state index contributed by atoms with van der Waals surface area (Å²) >= 11 is 0. The van der Waals surface area contributed by atoms with Crippen molar-refractivity contribution >= 4 is 92.9 Å². The molecular weight excluding hydrogens is 1560 g/mol. The molecule has 8 aromatic rings. The van der Waals surface area contributed by atoms with Gasteiger partial charge in [-0.3, -0.25) is 38.8 Å². The molecule has 0 bridgehead atoms. The molecule has 123 heavy (non-hydrogen) atoms. The first-order chi connectivity index (χ1) is 62.8. The average molecular weight is 1700 g/mol. The maximum atomic E-state index is 12.4. The number of carbonyl (C=O) groups is 4. The van der Waals surface area contributed by atoms with Crippen molar-refractivity contribution in [3.63, 3.8) is 0 Å². The van der Waals surface area contributed by atoms with Gasteiger partial charge in [0.1, 0.15) is 22.7 Å².